The van der Waals surface area contributed by atoms with Crippen molar-refractivity contribution >= 4 is 0 Å². The molecule has 0 aromatic carbocycles. The maximum Gasteiger partial charge on any atom is 0.00233 e. The smallest absolute Gasteiger partial charge is 0.00233 e. The maximum atomic E-state index is 4.01. The molecule has 0 bridgehead atoms. The summed E-state index contributed by atoms with van der Waals surface area (Å²) in [6.07, 6.45) is 9.65. The lowest BCUT2D eigenvalue weighted by Crippen LogP contribution is -2.00. The number of hydrogen-bond donors (Lipinski definition) is 0. The largest absolute Gasteiger partial charge is 0.0999 e. The molecule has 90 valence electrons. The van der Waals surface area contributed by atoms with Crippen LogP contribution in [0.3, 0.4) is 0 Å². The fraction of sp³-hybridized carbons (Fsp3) is 0.625. The molecule has 0 aromatic rings. The van der Waals surface area contributed by atoms with Gasteiger partial charge in [0.05, 0.1) is 0 Å². The first-order valence-electron chi connectivity index (χ1n) is 6.54. The van der Waals surface area contributed by atoms with E-state index in [2.05, 4.69) is 40.0 Å². The third-order valence-electron chi connectivity index (χ3n) is 3.78. The van der Waals surface area contributed by atoms with Gasteiger partial charge in [0, 0.05) is 5.92 Å². The normalized spacial score (nSPS) is 22.2. The van der Waals surface area contributed by atoms with E-state index in [9.17, 15) is 0 Å². The zero-order chi connectivity index (χ0) is 12.1. The molecule has 0 saturated heterocycles. The summed E-state index contributed by atoms with van der Waals surface area (Å²) in [4.78, 5) is 0. The second-order valence-electron chi connectivity index (χ2n) is 5.50. The van der Waals surface area contributed by atoms with E-state index in [-0.39, 0.29) is 0 Å². The molecular formula is C16H26. The lowest BCUT2D eigenvalue weighted by molar-refractivity contribution is 0.431. The van der Waals surface area contributed by atoms with Crippen molar-refractivity contribution in [3.05, 3.63) is 36.5 Å². The van der Waals surface area contributed by atoms with E-state index in [0.717, 1.165) is 11.8 Å². The first-order valence-corrected chi connectivity index (χ1v) is 6.54. The maximum absolute atomic E-state index is 4.01. The van der Waals surface area contributed by atoms with Crippen molar-refractivity contribution in [2.24, 2.45) is 17.8 Å². The highest BCUT2D eigenvalue weighted by Crippen LogP contribution is 2.36. The zero-order valence-corrected chi connectivity index (χ0v) is 11.1. The molecule has 0 saturated carbocycles. The van der Waals surface area contributed by atoms with Crippen LogP contribution in [0.15, 0.2) is 36.5 Å². The van der Waals surface area contributed by atoms with Gasteiger partial charge in [0.15, 0.2) is 0 Å². The van der Waals surface area contributed by atoms with E-state index in [1.165, 1.54) is 36.8 Å². The summed E-state index contributed by atoms with van der Waals surface area (Å²) < 4.78 is 0. The average Bonchev–Trinajstić information content (AvgIpc) is 2.96. The van der Waals surface area contributed by atoms with Crippen LogP contribution in [0.2, 0.25) is 0 Å². The lowest BCUT2D eigenvalue weighted by atomic mass is 9.92. The summed E-state index contributed by atoms with van der Waals surface area (Å²) in [5, 5.41) is 0. The SMILES string of the molecule is C=CC1=CC1CC(C)CCCC(C)C(=C)C. The molecule has 0 radical (unpaired) electrons. The molecule has 0 aliphatic heterocycles. The first kappa shape index (κ1) is 13.3. The Morgan fingerprint density at radius 2 is 2.12 bits per heavy atom. The predicted molar refractivity (Wildman–Crippen MR) is 73.4 cm³/mol. The van der Waals surface area contributed by atoms with Crippen molar-refractivity contribution in [2.45, 2.75) is 46.5 Å². The van der Waals surface area contributed by atoms with Gasteiger partial charge < -0.3 is 0 Å². The van der Waals surface area contributed by atoms with Crippen LogP contribution < -0.4 is 0 Å². The fourth-order valence-electron chi connectivity index (χ4n) is 2.18. The third-order valence-corrected chi connectivity index (χ3v) is 3.78. The highest BCUT2D eigenvalue weighted by Gasteiger charge is 2.23. The van der Waals surface area contributed by atoms with Crippen LogP contribution in [0, 0.1) is 17.8 Å². The minimum atomic E-state index is 0.690. The van der Waals surface area contributed by atoms with Gasteiger partial charge in [0.2, 0.25) is 0 Å². The van der Waals surface area contributed by atoms with Crippen LogP contribution in [0.25, 0.3) is 0 Å². The van der Waals surface area contributed by atoms with Crippen LogP contribution in [-0.2, 0) is 0 Å². The van der Waals surface area contributed by atoms with Gasteiger partial charge in [-0.3, -0.25) is 0 Å². The summed E-state index contributed by atoms with van der Waals surface area (Å²) >= 11 is 0. The quantitative estimate of drug-likeness (QED) is 0.495. The van der Waals surface area contributed by atoms with Gasteiger partial charge in [-0.2, -0.15) is 0 Å². The summed E-state index contributed by atoms with van der Waals surface area (Å²) in [5.74, 6) is 2.29. The van der Waals surface area contributed by atoms with Crippen LogP contribution in [0.5, 0.6) is 0 Å². The Morgan fingerprint density at radius 1 is 1.44 bits per heavy atom. The summed E-state index contributed by atoms with van der Waals surface area (Å²) in [6.45, 7) is 14.6. The molecule has 0 N–H and O–H groups in total. The van der Waals surface area contributed by atoms with Gasteiger partial charge in [0.1, 0.15) is 0 Å². The molecule has 1 aliphatic rings. The van der Waals surface area contributed by atoms with Gasteiger partial charge in [-0.05, 0) is 37.2 Å². The van der Waals surface area contributed by atoms with Crippen molar-refractivity contribution in [1.82, 2.24) is 0 Å². The van der Waals surface area contributed by atoms with Gasteiger partial charge >= 0.3 is 0 Å². The topological polar surface area (TPSA) is 0 Å². The van der Waals surface area contributed by atoms with Crippen LogP contribution >= 0.6 is 0 Å². The van der Waals surface area contributed by atoms with Crippen LogP contribution in [0.1, 0.15) is 46.5 Å². The van der Waals surface area contributed by atoms with Crippen molar-refractivity contribution in [3.8, 4) is 0 Å². The van der Waals surface area contributed by atoms with Crippen LogP contribution in [-0.4, -0.2) is 0 Å². The lowest BCUT2D eigenvalue weighted by Gasteiger charge is -2.14. The third kappa shape index (κ3) is 4.38. The molecule has 0 aromatic heterocycles. The molecule has 1 aliphatic carbocycles. The molecular weight excluding hydrogens is 192 g/mol. The van der Waals surface area contributed by atoms with E-state index in [1.54, 1.807) is 0 Å². The monoisotopic (exact) mass is 218 g/mol. The number of allylic oxidation sites excluding steroid dienone is 4. The van der Waals surface area contributed by atoms with Crippen molar-refractivity contribution in [2.75, 3.05) is 0 Å². The van der Waals surface area contributed by atoms with E-state index < -0.39 is 0 Å². The van der Waals surface area contributed by atoms with E-state index in [1.807, 2.05) is 6.08 Å². The second kappa shape index (κ2) is 6.08. The van der Waals surface area contributed by atoms with E-state index >= 15 is 0 Å². The Bertz CT molecular complexity index is 282. The Hall–Kier alpha value is -0.780. The summed E-state index contributed by atoms with van der Waals surface area (Å²) in [6, 6.07) is 0. The Morgan fingerprint density at radius 3 is 2.62 bits per heavy atom. The Labute approximate surface area is 101 Å². The zero-order valence-electron chi connectivity index (χ0n) is 11.1. The Balaban J connectivity index is 2.05. The highest BCUT2D eigenvalue weighted by molar-refractivity contribution is 5.37. The molecule has 0 heterocycles. The molecule has 0 amide bonds. The summed E-state index contributed by atoms with van der Waals surface area (Å²) in [7, 11) is 0. The van der Waals surface area contributed by atoms with Gasteiger partial charge in [-0.25, -0.2) is 0 Å². The number of hydrogen-bond acceptors (Lipinski definition) is 0. The van der Waals surface area contributed by atoms with Crippen LogP contribution in [0.4, 0.5) is 0 Å². The molecule has 3 unspecified atom stereocenters. The average molecular weight is 218 g/mol. The minimum Gasteiger partial charge on any atom is -0.0999 e. The predicted octanol–water partition coefficient (Wildman–Crippen LogP) is 5.14. The molecule has 1 rings (SSSR count). The van der Waals surface area contributed by atoms with Crippen molar-refractivity contribution < 1.29 is 0 Å². The van der Waals surface area contributed by atoms with E-state index in [0.29, 0.717) is 5.92 Å². The fourth-order valence-corrected chi connectivity index (χ4v) is 2.18. The molecule has 0 fully saturated rings. The Kier molecular flexibility index (Phi) is 5.05. The minimum absolute atomic E-state index is 0.690. The molecule has 0 nitrogen and oxygen atoms in total. The van der Waals surface area contributed by atoms with Crippen molar-refractivity contribution in [3.63, 3.8) is 0 Å². The molecule has 0 spiro atoms. The van der Waals surface area contributed by atoms with Gasteiger partial charge in [-0.1, -0.05) is 57.6 Å². The molecule has 3 atom stereocenters. The number of rotatable bonds is 8. The van der Waals surface area contributed by atoms with E-state index in [4.69, 9.17) is 0 Å². The standard InChI is InChI=1S/C16H26/c1-6-15-11-16(15)10-13(4)8-7-9-14(5)12(2)3/h6,11,13-14,16H,1-2,7-10H2,3-5H3. The van der Waals surface area contributed by atoms with Gasteiger partial charge in [0.25, 0.3) is 0 Å². The second-order valence-corrected chi connectivity index (χ2v) is 5.50. The first-order chi connectivity index (χ1) is 7.54. The summed E-state index contributed by atoms with van der Waals surface area (Å²) in [5.41, 5.74) is 2.78. The highest BCUT2D eigenvalue weighted by atomic mass is 14.3. The molecule has 16 heavy (non-hydrogen) atoms. The van der Waals surface area contributed by atoms with Gasteiger partial charge in [-0.15, -0.1) is 0 Å². The van der Waals surface area contributed by atoms with Crippen molar-refractivity contribution in [1.29, 1.82) is 0 Å². The molecule has 0 heteroatoms.